The van der Waals surface area contributed by atoms with Crippen LogP contribution in [-0.4, -0.2) is 214 Å². The van der Waals surface area contributed by atoms with Gasteiger partial charge in [0.2, 0.25) is 70.9 Å². The van der Waals surface area contributed by atoms with E-state index in [2.05, 4.69) is 63.8 Å². The summed E-state index contributed by atoms with van der Waals surface area (Å²) in [5.74, 6) is -16.2. The van der Waals surface area contributed by atoms with Crippen LogP contribution in [0.4, 0.5) is 0 Å². The van der Waals surface area contributed by atoms with Crippen LogP contribution in [0.15, 0.2) is 24.3 Å². The van der Waals surface area contributed by atoms with Gasteiger partial charge in [0.15, 0.2) is 0 Å². The van der Waals surface area contributed by atoms with Gasteiger partial charge in [-0.2, -0.15) is 0 Å². The molecule has 1 aromatic carbocycles. The predicted octanol–water partition coefficient (Wildman–Crippen LogP) is -2.38. The van der Waals surface area contributed by atoms with Gasteiger partial charge >= 0.3 is 11.9 Å². The fourth-order valence-corrected chi connectivity index (χ4v) is 11.0. The van der Waals surface area contributed by atoms with Crippen LogP contribution in [0.3, 0.4) is 0 Å². The van der Waals surface area contributed by atoms with Crippen molar-refractivity contribution in [2.45, 2.75) is 270 Å². The van der Waals surface area contributed by atoms with Crippen molar-refractivity contribution in [1.82, 2.24) is 63.8 Å². The molecule has 1 rings (SSSR count). The van der Waals surface area contributed by atoms with Crippen molar-refractivity contribution in [3.63, 3.8) is 0 Å². The summed E-state index contributed by atoms with van der Waals surface area (Å²) < 4.78 is 0. The van der Waals surface area contributed by atoms with Gasteiger partial charge in [0.05, 0.1) is 12.1 Å². The van der Waals surface area contributed by atoms with E-state index < -0.39 is 204 Å². The van der Waals surface area contributed by atoms with Crippen LogP contribution < -0.4 is 92.5 Å². The SMILES string of the molecule is CC(C)C[C@H](NC(=O)[C@@H](NC(=O)[C@H](Cc1ccc(O)cc1)NC(=O)[C@@H](NC(=O)[C@H](C)NC(=O)[C@H](CCC(=O)O)NC(=O)[C@@H](NC(=O)[C@@H](NC(=O)[C@H](CCCCN)NC(=O)[C@H](CCCCN)NC(=O)[C@H](CCCCN)NC(=O)[C@@H](N)CCCCN)C(C)C)C(C)C)[C@@H](C)O)C(C)C)C(=O)N[C@H](C(=O)O)C(C)C. The third kappa shape index (κ3) is 35.6. The largest absolute Gasteiger partial charge is 0.508 e. The Morgan fingerprint density at radius 2 is 0.660 bits per heavy atom. The lowest BCUT2D eigenvalue weighted by Gasteiger charge is -2.30. The van der Waals surface area contributed by atoms with Crippen molar-refractivity contribution in [1.29, 1.82) is 0 Å². The number of nitrogens with one attached hydrogen (secondary N) is 12. The maximum absolute atomic E-state index is 14.4. The maximum Gasteiger partial charge on any atom is 0.326 e. The summed E-state index contributed by atoms with van der Waals surface area (Å²) in [6.45, 7) is 19.8. The van der Waals surface area contributed by atoms with E-state index in [4.69, 9.17) is 28.7 Å². The molecule has 35 nitrogen and oxygen atoms in total. The molecule has 0 heterocycles. The average molecular weight is 1500 g/mol. The average Bonchev–Trinajstić information content (AvgIpc) is 0.843. The summed E-state index contributed by atoms with van der Waals surface area (Å²) in [7, 11) is 0. The fraction of sp³-hybridized carbons (Fsp3) is 0.718. The summed E-state index contributed by atoms with van der Waals surface area (Å²) in [5, 5.41) is 71.4. The second-order valence-corrected chi connectivity index (χ2v) is 28.8. The summed E-state index contributed by atoms with van der Waals surface area (Å²) in [4.78, 5) is 193. The van der Waals surface area contributed by atoms with E-state index in [1.54, 1.807) is 69.2 Å². The summed E-state index contributed by atoms with van der Waals surface area (Å²) in [6, 6.07) is -12.5. The maximum atomic E-state index is 14.4. The van der Waals surface area contributed by atoms with Crippen molar-refractivity contribution in [3.8, 4) is 5.75 Å². The number of aliphatic hydroxyl groups is 1. The molecule has 0 aliphatic carbocycles. The van der Waals surface area contributed by atoms with E-state index in [0.29, 0.717) is 76.4 Å². The van der Waals surface area contributed by atoms with Crippen LogP contribution in [-0.2, 0) is 73.5 Å². The zero-order valence-corrected chi connectivity index (χ0v) is 63.8. The minimum atomic E-state index is -1.86. The van der Waals surface area contributed by atoms with Crippen LogP contribution >= 0.6 is 0 Å². The molecule has 0 saturated carbocycles. The highest BCUT2D eigenvalue weighted by molar-refractivity contribution is 6.00. The number of unbranched alkanes of at least 4 members (excludes halogenated alkanes) is 4. The van der Waals surface area contributed by atoms with Crippen LogP contribution in [0.2, 0.25) is 0 Å². The molecule has 12 amide bonds. The lowest BCUT2D eigenvalue weighted by atomic mass is 9.98. The van der Waals surface area contributed by atoms with Crippen molar-refractivity contribution < 1.29 is 87.5 Å². The number of hydrogen-bond acceptors (Lipinski definition) is 21. The van der Waals surface area contributed by atoms with Gasteiger partial charge in [-0.25, -0.2) is 4.79 Å². The minimum Gasteiger partial charge on any atom is -0.508 e. The van der Waals surface area contributed by atoms with Gasteiger partial charge in [0.1, 0.15) is 78.3 Å². The lowest BCUT2D eigenvalue weighted by molar-refractivity contribution is -0.143. The second kappa shape index (κ2) is 50.0. The number of aliphatic carboxylic acids is 2. The highest BCUT2D eigenvalue weighted by Crippen LogP contribution is 2.17. The lowest BCUT2D eigenvalue weighted by Crippen LogP contribution is -2.62. The first-order valence-electron chi connectivity index (χ1n) is 36.9. The number of aromatic hydroxyl groups is 1. The van der Waals surface area contributed by atoms with Gasteiger partial charge in [-0.05, 0) is 171 Å². The molecule has 14 atom stereocenters. The molecule has 0 aromatic heterocycles. The van der Waals surface area contributed by atoms with Gasteiger partial charge in [0, 0.05) is 12.8 Å². The monoisotopic (exact) mass is 1500 g/mol. The smallest absolute Gasteiger partial charge is 0.326 e. The van der Waals surface area contributed by atoms with E-state index >= 15 is 0 Å². The number of phenolic OH excluding ortho intramolecular Hbond substituents is 1. The molecule has 0 spiro atoms. The quantitative estimate of drug-likeness (QED) is 0.0303. The molecule has 1 aromatic rings. The number of carboxylic acids is 2. The molecule has 602 valence electrons. The molecule has 0 fully saturated rings. The van der Waals surface area contributed by atoms with Crippen molar-refractivity contribution in [2.75, 3.05) is 26.2 Å². The Bertz CT molecular complexity index is 2990. The molecule has 0 unspecified atom stereocenters. The number of amides is 12. The van der Waals surface area contributed by atoms with E-state index in [1.807, 2.05) is 0 Å². The standard InChI is InChI=1S/C71H125N17O18/c1-37(2)35-51(65(99)87-57(41(9)10)71(105)106)82-68(102)54(38(3)4)85-66(100)52(36-44-25-27-45(90)28-26-44)83-70(104)58(43(12)89)88-59(93)42(11)77-61(95)50(29-30-53(91)92)81-67(101)55(39(5)6)86-69(103)56(40(7)8)84-64(98)49(24-16-20-34-75)80-63(97)48(23-15-19-33-74)79-62(96)47(22-14-18-32-73)78-60(94)46(76)21-13-17-31-72/h25-28,37-43,46-52,54-58,89-90H,13-24,29-36,72-76H2,1-12H3,(H,77,95)(H,78,94)(H,79,96)(H,80,97)(H,81,101)(H,82,102)(H,83,104)(H,84,98)(H,85,100)(H,86,103)(H,87,99)(H,88,93)(H,91,92)(H,105,106)/t42-,43+,46-,47-,48-,49-,50-,51-,52-,54-,55-,56-,57-,58-/m0/s1. The topological polar surface area (TPSA) is 594 Å². The molecule has 0 aliphatic rings. The Balaban J connectivity index is 3.55. The minimum absolute atomic E-state index is 0.0249. The molecular weight excluding hydrogens is 1380 g/mol. The van der Waals surface area contributed by atoms with Crippen LogP contribution in [0, 0.1) is 29.6 Å². The van der Waals surface area contributed by atoms with Gasteiger partial charge in [-0.15, -0.1) is 0 Å². The van der Waals surface area contributed by atoms with Crippen LogP contribution in [0.1, 0.15) is 185 Å². The summed E-state index contributed by atoms with van der Waals surface area (Å²) in [5.41, 5.74) is 29.5. The van der Waals surface area contributed by atoms with Gasteiger partial charge in [0.25, 0.3) is 0 Å². The number of phenols is 1. The third-order valence-corrected chi connectivity index (χ3v) is 17.5. The molecule has 0 saturated heterocycles. The molecule has 0 radical (unpaired) electrons. The van der Waals surface area contributed by atoms with E-state index in [9.17, 15) is 87.5 Å². The highest BCUT2D eigenvalue weighted by Gasteiger charge is 2.39. The number of aliphatic hydroxyl groups excluding tert-OH is 1. The number of carbonyl (C=O) groups is 14. The van der Waals surface area contributed by atoms with Gasteiger partial charge in [-0.3, -0.25) is 62.3 Å². The molecule has 106 heavy (non-hydrogen) atoms. The molecule has 0 aliphatic heterocycles. The zero-order valence-electron chi connectivity index (χ0n) is 63.8. The molecule has 0 bridgehead atoms. The third-order valence-electron chi connectivity index (χ3n) is 17.5. The van der Waals surface area contributed by atoms with E-state index in [1.165, 1.54) is 31.2 Å². The number of hydrogen-bond donors (Lipinski definition) is 21. The van der Waals surface area contributed by atoms with Crippen molar-refractivity contribution in [2.24, 2.45) is 58.3 Å². The van der Waals surface area contributed by atoms with Crippen molar-refractivity contribution >= 4 is 82.8 Å². The first-order chi connectivity index (χ1) is 49.7. The normalized spacial score (nSPS) is 15.4. The van der Waals surface area contributed by atoms with Crippen molar-refractivity contribution in [3.05, 3.63) is 29.8 Å². The Morgan fingerprint density at radius 3 is 1.06 bits per heavy atom. The molecule has 35 heteroatoms. The molecular formula is C71H125N17O18. The van der Waals surface area contributed by atoms with Crippen LogP contribution in [0.5, 0.6) is 5.75 Å². The Hall–Kier alpha value is -8.64. The molecule has 26 N–H and O–H groups in total. The summed E-state index contributed by atoms with van der Waals surface area (Å²) >= 11 is 0. The number of carbonyl (C=O) groups excluding carboxylic acids is 12. The fourth-order valence-electron chi connectivity index (χ4n) is 11.0. The number of carboxylic acid groups (broad SMARTS) is 2. The number of nitrogens with two attached hydrogens (primary N) is 5. The van der Waals surface area contributed by atoms with E-state index in [0.717, 1.165) is 6.92 Å². The summed E-state index contributed by atoms with van der Waals surface area (Å²) in [6.07, 6.45) is 1.25. The number of rotatable bonds is 53. The number of benzene rings is 1. The van der Waals surface area contributed by atoms with Gasteiger partial charge in [-0.1, -0.05) is 87.8 Å². The second-order valence-electron chi connectivity index (χ2n) is 28.8. The predicted molar refractivity (Wildman–Crippen MR) is 395 cm³/mol. The highest BCUT2D eigenvalue weighted by atomic mass is 16.4. The Labute approximate surface area is 622 Å². The van der Waals surface area contributed by atoms with Gasteiger partial charge < -0.3 is 113 Å². The zero-order chi connectivity index (χ0) is 80.7. The van der Waals surface area contributed by atoms with Crippen LogP contribution in [0.25, 0.3) is 0 Å². The Kier molecular flexibility index (Phi) is 45.0. The van der Waals surface area contributed by atoms with E-state index in [-0.39, 0.29) is 56.9 Å². The first kappa shape index (κ1) is 95.4. The Morgan fingerprint density at radius 1 is 0.349 bits per heavy atom. The first-order valence-corrected chi connectivity index (χ1v) is 36.9.